The molecule has 0 unspecified atom stereocenters. The molecule has 8 heteroatoms. The molecule has 3 aromatic rings. The van der Waals surface area contributed by atoms with Crippen molar-refractivity contribution in [3.8, 4) is 22.9 Å². The summed E-state index contributed by atoms with van der Waals surface area (Å²) >= 11 is 0. The summed E-state index contributed by atoms with van der Waals surface area (Å²) in [6, 6.07) is 11.5. The van der Waals surface area contributed by atoms with Crippen molar-refractivity contribution < 1.29 is 18.7 Å². The lowest BCUT2D eigenvalue weighted by atomic mass is 10.1. The highest BCUT2D eigenvalue weighted by molar-refractivity contribution is 5.97. The second-order valence-corrected chi connectivity index (χ2v) is 7.94. The number of piperazine rings is 1. The predicted octanol–water partition coefficient (Wildman–Crippen LogP) is 3.88. The maximum Gasteiger partial charge on any atom is 0.257 e. The van der Waals surface area contributed by atoms with E-state index in [1.165, 1.54) is 12.1 Å². The van der Waals surface area contributed by atoms with Crippen molar-refractivity contribution in [2.24, 2.45) is 0 Å². The van der Waals surface area contributed by atoms with Gasteiger partial charge >= 0.3 is 0 Å². The Labute approximate surface area is 192 Å². The van der Waals surface area contributed by atoms with Gasteiger partial charge in [-0.15, -0.1) is 0 Å². The summed E-state index contributed by atoms with van der Waals surface area (Å²) in [5.74, 6) is 2.04. The maximum atomic E-state index is 13.7. The zero-order chi connectivity index (χ0) is 23.5. The fraction of sp³-hybridized carbons (Fsp3) is 0.320. The van der Waals surface area contributed by atoms with Gasteiger partial charge in [0.25, 0.3) is 5.91 Å². The number of carbonyl (C=O) groups excluding carboxylic acids is 1. The standard InChI is InChI=1S/C25H27FN4O3/c1-16-17(2)27-23(18-6-5-7-19(26)14-18)28-24(16)29-10-12-30(13-11-29)25(31)21-9-8-20(32-3)15-22(21)33-4/h5-9,14-15H,10-13H2,1-4H3. The van der Waals surface area contributed by atoms with Gasteiger partial charge in [-0.3, -0.25) is 4.79 Å². The third-order valence-corrected chi connectivity index (χ3v) is 5.95. The molecule has 172 valence electrons. The third-order valence-electron chi connectivity index (χ3n) is 5.95. The fourth-order valence-corrected chi connectivity index (χ4v) is 3.95. The van der Waals surface area contributed by atoms with Crippen LogP contribution in [0, 0.1) is 19.7 Å². The number of hydrogen-bond donors (Lipinski definition) is 0. The first kappa shape index (κ1) is 22.5. The number of carbonyl (C=O) groups is 1. The molecule has 1 aromatic heterocycles. The lowest BCUT2D eigenvalue weighted by Gasteiger charge is -2.36. The van der Waals surface area contributed by atoms with E-state index in [0.29, 0.717) is 54.6 Å². The molecule has 0 N–H and O–H groups in total. The van der Waals surface area contributed by atoms with Crippen molar-refractivity contribution in [3.63, 3.8) is 0 Å². The van der Waals surface area contributed by atoms with Crippen LogP contribution in [0.5, 0.6) is 11.5 Å². The molecule has 0 saturated carbocycles. The van der Waals surface area contributed by atoms with Crippen LogP contribution in [0.15, 0.2) is 42.5 Å². The summed E-state index contributed by atoms with van der Waals surface area (Å²) in [5.41, 5.74) is 2.97. The maximum absolute atomic E-state index is 13.7. The van der Waals surface area contributed by atoms with Gasteiger partial charge in [0.05, 0.1) is 19.8 Å². The second-order valence-electron chi connectivity index (χ2n) is 7.94. The molecule has 1 saturated heterocycles. The van der Waals surface area contributed by atoms with Crippen LogP contribution in [-0.2, 0) is 0 Å². The number of rotatable bonds is 5. The Morgan fingerprint density at radius 3 is 2.39 bits per heavy atom. The third kappa shape index (κ3) is 4.60. The first-order valence-corrected chi connectivity index (χ1v) is 10.8. The van der Waals surface area contributed by atoms with Gasteiger partial charge in [-0.2, -0.15) is 0 Å². The van der Waals surface area contributed by atoms with Crippen LogP contribution in [0.1, 0.15) is 21.6 Å². The van der Waals surface area contributed by atoms with Crippen LogP contribution in [0.3, 0.4) is 0 Å². The molecule has 1 amide bonds. The molecule has 7 nitrogen and oxygen atoms in total. The van der Waals surface area contributed by atoms with E-state index in [1.54, 1.807) is 44.6 Å². The van der Waals surface area contributed by atoms with Crippen molar-refractivity contribution >= 4 is 11.7 Å². The molecule has 2 aromatic carbocycles. The SMILES string of the molecule is COc1ccc(C(=O)N2CCN(c3nc(-c4cccc(F)c4)nc(C)c3C)CC2)c(OC)c1. The molecule has 0 spiro atoms. The minimum absolute atomic E-state index is 0.0785. The number of aryl methyl sites for hydroxylation is 1. The molecule has 1 aliphatic rings. The number of benzene rings is 2. The Balaban J connectivity index is 1.53. The molecular formula is C25H27FN4O3. The van der Waals surface area contributed by atoms with Gasteiger partial charge in [0.1, 0.15) is 23.1 Å². The largest absolute Gasteiger partial charge is 0.497 e. The minimum atomic E-state index is -0.322. The minimum Gasteiger partial charge on any atom is -0.497 e. The normalized spacial score (nSPS) is 13.7. The van der Waals surface area contributed by atoms with Gasteiger partial charge < -0.3 is 19.3 Å². The smallest absolute Gasteiger partial charge is 0.257 e. The van der Waals surface area contributed by atoms with E-state index in [1.807, 2.05) is 18.7 Å². The quantitative estimate of drug-likeness (QED) is 0.588. The second kappa shape index (κ2) is 9.44. The molecule has 33 heavy (non-hydrogen) atoms. The molecule has 2 heterocycles. The number of halogens is 1. The number of hydrogen-bond acceptors (Lipinski definition) is 6. The highest BCUT2D eigenvalue weighted by Gasteiger charge is 2.26. The van der Waals surface area contributed by atoms with Crippen molar-refractivity contribution in [3.05, 3.63) is 65.1 Å². The van der Waals surface area contributed by atoms with Crippen molar-refractivity contribution in [1.82, 2.24) is 14.9 Å². The van der Waals surface area contributed by atoms with Crippen LogP contribution in [-0.4, -0.2) is 61.2 Å². The van der Waals surface area contributed by atoms with Gasteiger partial charge in [0, 0.05) is 49.1 Å². The molecule has 0 aliphatic carbocycles. The van der Waals surface area contributed by atoms with Crippen molar-refractivity contribution in [2.75, 3.05) is 45.3 Å². The molecule has 1 aliphatic heterocycles. The van der Waals surface area contributed by atoms with Crippen LogP contribution < -0.4 is 14.4 Å². The summed E-state index contributed by atoms with van der Waals surface area (Å²) in [6.45, 7) is 6.27. The highest BCUT2D eigenvalue weighted by atomic mass is 19.1. The Bertz CT molecular complexity index is 1180. The molecular weight excluding hydrogens is 423 g/mol. The van der Waals surface area contributed by atoms with Gasteiger partial charge in [-0.1, -0.05) is 12.1 Å². The summed E-state index contributed by atoms with van der Waals surface area (Å²) in [7, 11) is 3.12. The molecule has 4 rings (SSSR count). The zero-order valence-corrected chi connectivity index (χ0v) is 19.3. The first-order chi connectivity index (χ1) is 15.9. The van der Waals surface area contributed by atoms with E-state index in [9.17, 15) is 9.18 Å². The monoisotopic (exact) mass is 450 g/mol. The fourth-order valence-electron chi connectivity index (χ4n) is 3.95. The number of aromatic nitrogens is 2. The van der Waals surface area contributed by atoms with Gasteiger partial charge in [0.2, 0.25) is 0 Å². The molecule has 0 atom stereocenters. The van der Waals surface area contributed by atoms with E-state index < -0.39 is 0 Å². The van der Waals surface area contributed by atoms with Crippen LogP contribution in [0.25, 0.3) is 11.4 Å². The number of methoxy groups -OCH3 is 2. The van der Waals surface area contributed by atoms with Gasteiger partial charge in [0.15, 0.2) is 5.82 Å². The number of ether oxygens (including phenoxy) is 2. The van der Waals surface area contributed by atoms with Crippen LogP contribution >= 0.6 is 0 Å². The number of amides is 1. The van der Waals surface area contributed by atoms with E-state index in [-0.39, 0.29) is 11.7 Å². The predicted molar refractivity (Wildman–Crippen MR) is 125 cm³/mol. The van der Waals surface area contributed by atoms with Gasteiger partial charge in [-0.25, -0.2) is 14.4 Å². The summed E-state index contributed by atoms with van der Waals surface area (Å²) in [4.78, 5) is 26.4. The Hall–Kier alpha value is -3.68. The summed E-state index contributed by atoms with van der Waals surface area (Å²) in [5, 5.41) is 0. The zero-order valence-electron chi connectivity index (χ0n) is 19.3. The first-order valence-electron chi connectivity index (χ1n) is 10.8. The molecule has 0 radical (unpaired) electrons. The van der Waals surface area contributed by atoms with Crippen molar-refractivity contribution in [2.45, 2.75) is 13.8 Å². The Morgan fingerprint density at radius 1 is 0.970 bits per heavy atom. The van der Waals surface area contributed by atoms with E-state index in [4.69, 9.17) is 14.5 Å². The van der Waals surface area contributed by atoms with Crippen molar-refractivity contribution in [1.29, 1.82) is 0 Å². The molecule has 1 fully saturated rings. The molecule has 0 bridgehead atoms. The van der Waals surface area contributed by atoms with Crippen LogP contribution in [0.2, 0.25) is 0 Å². The average molecular weight is 451 g/mol. The van der Waals surface area contributed by atoms with Crippen LogP contribution in [0.4, 0.5) is 10.2 Å². The number of nitrogens with zero attached hydrogens (tertiary/aromatic N) is 4. The van der Waals surface area contributed by atoms with E-state index in [0.717, 1.165) is 17.1 Å². The average Bonchev–Trinajstić information content (AvgIpc) is 2.84. The van der Waals surface area contributed by atoms with Gasteiger partial charge in [-0.05, 0) is 38.1 Å². The Morgan fingerprint density at radius 2 is 1.73 bits per heavy atom. The lowest BCUT2D eigenvalue weighted by Crippen LogP contribution is -2.49. The summed E-state index contributed by atoms with van der Waals surface area (Å²) in [6.07, 6.45) is 0. The number of anilines is 1. The summed E-state index contributed by atoms with van der Waals surface area (Å²) < 4.78 is 24.3. The van der Waals surface area contributed by atoms with E-state index >= 15 is 0 Å². The Kier molecular flexibility index (Phi) is 6.44. The highest BCUT2D eigenvalue weighted by Crippen LogP contribution is 2.28. The van der Waals surface area contributed by atoms with E-state index in [2.05, 4.69) is 9.88 Å². The topological polar surface area (TPSA) is 67.8 Å². The lowest BCUT2D eigenvalue weighted by molar-refractivity contribution is 0.0743.